The molecule has 0 amide bonds. The van der Waals surface area contributed by atoms with Crippen LogP contribution in [0.2, 0.25) is 0 Å². The van der Waals surface area contributed by atoms with Crippen LogP contribution in [0.1, 0.15) is 28.9 Å². The maximum Gasteiger partial charge on any atom is 0.326 e. The smallest absolute Gasteiger partial charge is 0.326 e. The van der Waals surface area contributed by atoms with Crippen molar-refractivity contribution in [2.75, 3.05) is 5.32 Å². The number of hydrogen-bond acceptors (Lipinski definition) is 5. The highest BCUT2D eigenvalue weighted by Gasteiger charge is 2.21. The molecule has 0 radical (unpaired) electrons. The summed E-state index contributed by atoms with van der Waals surface area (Å²) in [4.78, 5) is 38.5. The Kier molecular flexibility index (Phi) is 8.24. The Morgan fingerprint density at radius 1 is 1.28 bits per heavy atom. The molecule has 8 heteroatoms. The summed E-state index contributed by atoms with van der Waals surface area (Å²) in [5.74, 6) is -1.40. The number of halogens is 2. The van der Waals surface area contributed by atoms with Crippen LogP contribution >= 0.6 is 28.3 Å². The molecule has 0 aliphatic rings. The lowest BCUT2D eigenvalue weighted by molar-refractivity contribution is -0.138. The number of para-hydroxylation sites is 1. The molecule has 132 valence electrons. The minimum Gasteiger partial charge on any atom is -0.480 e. The van der Waals surface area contributed by atoms with E-state index in [2.05, 4.69) is 26.2 Å². The Hall–Kier alpha value is -2.25. The van der Waals surface area contributed by atoms with Crippen molar-refractivity contribution in [1.82, 2.24) is 4.98 Å². The Morgan fingerprint density at radius 2 is 2.00 bits per heavy atom. The van der Waals surface area contributed by atoms with Crippen molar-refractivity contribution < 1.29 is 19.5 Å². The predicted octanol–water partition coefficient (Wildman–Crippen LogP) is 3.34. The van der Waals surface area contributed by atoms with Gasteiger partial charge in [-0.15, -0.1) is 12.4 Å². The van der Waals surface area contributed by atoms with Gasteiger partial charge in [0.15, 0.2) is 0 Å². The molecule has 1 atom stereocenters. The van der Waals surface area contributed by atoms with Crippen LogP contribution in [0.4, 0.5) is 5.69 Å². The Morgan fingerprint density at radius 3 is 2.64 bits per heavy atom. The Bertz CT molecular complexity index is 770. The van der Waals surface area contributed by atoms with Crippen molar-refractivity contribution in [3.63, 3.8) is 0 Å². The van der Waals surface area contributed by atoms with Gasteiger partial charge in [0.2, 0.25) is 5.78 Å². The number of hydrogen-bond donors (Lipinski definition) is 2. The molecule has 6 nitrogen and oxygen atoms in total. The van der Waals surface area contributed by atoms with E-state index >= 15 is 0 Å². The molecule has 2 aromatic rings. The first-order valence-corrected chi connectivity index (χ1v) is 8.00. The third kappa shape index (κ3) is 5.65. The van der Waals surface area contributed by atoms with Gasteiger partial charge in [0.1, 0.15) is 18.0 Å². The number of aliphatic carboxylic acids is 1. The molecule has 0 saturated carbocycles. The van der Waals surface area contributed by atoms with Gasteiger partial charge < -0.3 is 15.2 Å². The van der Waals surface area contributed by atoms with Crippen molar-refractivity contribution in [1.29, 1.82) is 0 Å². The standard InChI is InChI=1S/C17H15BrN2O4.ClH/c18-11-7-8-19-15(10-11)16(22)12-4-1-2-5-13(12)20-14(17(23)24)6-3-9-21;/h1-2,4-5,7-10,14,20H,3,6H2,(H,23,24);1H. The first kappa shape index (κ1) is 20.8. The molecule has 1 aromatic carbocycles. The molecule has 0 fully saturated rings. The van der Waals surface area contributed by atoms with E-state index in [0.717, 1.165) is 4.47 Å². The molecule has 0 saturated heterocycles. The number of carbonyl (C=O) groups excluding carboxylic acids is 2. The fourth-order valence-electron chi connectivity index (χ4n) is 2.15. The summed E-state index contributed by atoms with van der Waals surface area (Å²) in [6.07, 6.45) is 2.43. The lowest BCUT2D eigenvalue weighted by atomic mass is 10.0. The molecule has 1 unspecified atom stereocenters. The topological polar surface area (TPSA) is 96.4 Å². The number of benzene rings is 1. The molecule has 2 rings (SSSR count). The van der Waals surface area contributed by atoms with Crippen LogP contribution in [0, 0.1) is 0 Å². The average Bonchev–Trinajstić information content (AvgIpc) is 2.58. The van der Waals surface area contributed by atoms with E-state index in [0.29, 0.717) is 17.5 Å². The number of pyridine rings is 1. The first-order chi connectivity index (χ1) is 11.5. The van der Waals surface area contributed by atoms with E-state index in [1.807, 2.05) is 0 Å². The molecule has 0 aliphatic carbocycles. The number of nitrogens with zero attached hydrogens (tertiary/aromatic N) is 1. The number of carboxylic acid groups (broad SMARTS) is 1. The number of aromatic nitrogens is 1. The molecule has 25 heavy (non-hydrogen) atoms. The van der Waals surface area contributed by atoms with E-state index in [1.54, 1.807) is 36.4 Å². The monoisotopic (exact) mass is 426 g/mol. The van der Waals surface area contributed by atoms with Gasteiger partial charge in [-0.25, -0.2) is 4.79 Å². The second-order valence-corrected chi connectivity index (χ2v) is 5.93. The number of ketones is 1. The van der Waals surface area contributed by atoms with Crippen LogP contribution in [0.5, 0.6) is 0 Å². The highest BCUT2D eigenvalue weighted by molar-refractivity contribution is 9.10. The van der Waals surface area contributed by atoms with Gasteiger partial charge >= 0.3 is 5.97 Å². The molecular formula is C17H16BrClN2O4. The molecular weight excluding hydrogens is 412 g/mol. The minimum absolute atomic E-state index is 0. The Balaban J connectivity index is 0.00000312. The number of carbonyl (C=O) groups is 3. The maximum atomic E-state index is 12.7. The van der Waals surface area contributed by atoms with E-state index in [1.165, 1.54) is 6.20 Å². The van der Waals surface area contributed by atoms with Crippen molar-refractivity contribution >= 4 is 52.1 Å². The number of rotatable bonds is 8. The summed E-state index contributed by atoms with van der Waals surface area (Å²) in [5.41, 5.74) is 0.960. The quantitative estimate of drug-likeness (QED) is 0.495. The van der Waals surface area contributed by atoms with Gasteiger partial charge in [-0.2, -0.15) is 0 Å². The van der Waals surface area contributed by atoms with Gasteiger partial charge in [-0.3, -0.25) is 9.78 Å². The van der Waals surface area contributed by atoms with E-state index < -0.39 is 12.0 Å². The number of aldehydes is 1. The molecule has 0 aliphatic heterocycles. The molecule has 2 N–H and O–H groups in total. The molecule has 0 spiro atoms. The summed E-state index contributed by atoms with van der Waals surface area (Å²) in [6.45, 7) is 0. The summed E-state index contributed by atoms with van der Waals surface area (Å²) < 4.78 is 0.723. The molecule has 0 bridgehead atoms. The zero-order valence-corrected chi connectivity index (χ0v) is 15.4. The van der Waals surface area contributed by atoms with Crippen LogP contribution in [-0.4, -0.2) is 34.2 Å². The Labute approximate surface area is 159 Å². The van der Waals surface area contributed by atoms with Crippen molar-refractivity contribution in [2.45, 2.75) is 18.9 Å². The van der Waals surface area contributed by atoms with Crippen molar-refractivity contribution in [3.8, 4) is 0 Å². The van der Waals surface area contributed by atoms with E-state index in [-0.39, 0.29) is 36.7 Å². The van der Waals surface area contributed by atoms with Crippen LogP contribution < -0.4 is 5.32 Å². The lowest BCUT2D eigenvalue weighted by Crippen LogP contribution is -2.30. The second kappa shape index (κ2) is 9.90. The maximum absolute atomic E-state index is 12.7. The average molecular weight is 428 g/mol. The summed E-state index contributed by atoms with van der Waals surface area (Å²) in [6, 6.07) is 8.97. The fourth-order valence-corrected chi connectivity index (χ4v) is 2.49. The summed E-state index contributed by atoms with van der Waals surface area (Å²) >= 11 is 3.29. The highest BCUT2D eigenvalue weighted by Crippen LogP contribution is 2.21. The van der Waals surface area contributed by atoms with Gasteiger partial charge in [-0.05, 0) is 30.7 Å². The van der Waals surface area contributed by atoms with Crippen molar-refractivity contribution in [3.05, 3.63) is 58.3 Å². The van der Waals surface area contributed by atoms with E-state index in [9.17, 15) is 19.5 Å². The third-order valence-corrected chi connectivity index (χ3v) is 3.82. The molecule has 1 aromatic heterocycles. The van der Waals surface area contributed by atoms with Crippen molar-refractivity contribution in [2.24, 2.45) is 0 Å². The van der Waals surface area contributed by atoms with Gasteiger partial charge in [-0.1, -0.05) is 28.1 Å². The second-order valence-electron chi connectivity index (χ2n) is 5.01. The summed E-state index contributed by atoms with van der Waals surface area (Å²) in [5, 5.41) is 12.1. The van der Waals surface area contributed by atoms with Gasteiger partial charge in [0.25, 0.3) is 0 Å². The summed E-state index contributed by atoms with van der Waals surface area (Å²) in [7, 11) is 0. The first-order valence-electron chi connectivity index (χ1n) is 7.21. The number of nitrogens with one attached hydrogen (secondary N) is 1. The van der Waals surface area contributed by atoms with Crippen LogP contribution in [0.25, 0.3) is 0 Å². The van der Waals surface area contributed by atoms with Gasteiger partial charge in [0, 0.05) is 28.3 Å². The largest absolute Gasteiger partial charge is 0.480 e. The van der Waals surface area contributed by atoms with Crippen LogP contribution in [0.15, 0.2) is 47.1 Å². The third-order valence-electron chi connectivity index (χ3n) is 3.33. The molecule has 1 heterocycles. The zero-order valence-electron chi connectivity index (χ0n) is 13.0. The van der Waals surface area contributed by atoms with E-state index in [4.69, 9.17) is 0 Å². The highest BCUT2D eigenvalue weighted by atomic mass is 79.9. The van der Waals surface area contributed by atoms with Crippen LogP contribution in [-0.2, 0) is 9.59 Å². The van der Waals surface area contributed by atoms with Crippen LogP contribution in [0.3, 0.4) is 0 Å². The fraction of sp³-hybridized carbons (Fsp3) is 0.176. The SMILES string of the molecule is Cl.O=CCCC(Nc1ccccc1C(=O)c1cc(Br)ccn1)C(=O)O. The predicted molar refractivity (Wildman–Crippen MR) is 99.4 cm³/mol. The van der Waals surface area contributed by atoms with Gasteiger partial charge in [0.05, 0.1) is 0 Å². The minimum atomic E-state index is -1.08. The normalized spacial score (nSPS) is 11.1. The zero-order chi connectivity index (χ0) is 17.5. The number of anilines is 1. The lowest BCUT2D eigenvalue weighted by Gasteiger charge is -2.17. The number of carboxylic acids is 1.